The molecule has 0 aliphatic carbocycles. The Balaban J connectivity index is 2.61. The van der Waals surface area contributed by atoms with Gasteiger partial charge < -0.3 is 5.32 Å². The van der Waals surface area contributed by atoms with Gasteiger partial charge in [0.2, 0.25) is 0 Å². The Hall–Kier alpha value is -2.03. The highest BCUT2D eigenvalue weighted by atomic mass is 35.5. The smallest absolute Gasteiger partial charge is 0.0873 e. The highest BCUT2D eigenvalue weighted by Crippen LogP contribution is 2.27. The number of hydrogen-bond donors (Lipinski definition) is 1. The van der Waals surface area contributed by atoms with Gasteiger partial charge in [-0.25, -0.2) is 0 Å². The Morgan fingerprint density at radius 1 is 1.12 bits per heavy atom. The van der Waals surface area contributed by atoms with Crippen molar-refractivity contribution in [2.75, 3.05) is 7.05 Å². The second-order valence-corrected chi connectivity index (χ2v) is 5.60. The Bertz CT molecular complexity index is 668. The monoisotopic (exact) mass is 360 g/mol. The normalized spacial score (nSPS) is 12.9. The van der Waals surface area contributed by atoms with Gasteiger partial charge in [-0.1, -0.05) is 66.2 Å². The van der Waals surface area contributed by atoms with Gasteiger partial charge in [0, 0.05) is 30.0 Å². The zero-order chi connectivity index (χ0) is 17.6. The molecule has 24 heavy (non-hydrogen) atoms. The van der Waals surface area contributed by atoms with Crippen LogP contribution in [0.15, 0.2) is 78.5 Å². The number of nitrogens with zero attached hydrogens (tertiary/aromatic N) is 1. The molecule has 1 aromatic carbocycles. The Morgan fingerprint density at radius 3 is 2.46 bits per heavy atom. The molecule has 0 aliphatic heterocycles. The lowest BCUT2D eigenvalue weighted by atomic mass is 10.1. The third-order valence-electron chi connectivity index (χ3n) is 2.91. The predicted molar refractivity (Wildman–Crippen MR) is 109 cm³/mol. The summed E-state index contributed by atoms with van der Waals surface area (Å²) < 4.78 is 0. The number of rotatable bonds is 9. The van der Waals surface area contributed by atoms with Crippen LogP contribution in [0.5, 0.6) is 0 Å². The molecule has 0 amide bonds. The fraction of sp³-hybridized carbons (Fsp3) is 0.150. The molecule has 0 atom stereocenters. The van der Waals surface area contributed by atoms with Gasteiger partial charge in [-0.3, -0.25) is 4.99 Å². The van der Waals surface area contributed by atoms with E-state index >= 15 is 0 Å². The van der Waals surface area contributed by atoms with Gasteiger partial charge in [0.05, 0.1) is 10.7 Å². The number of allylic oxidation sites excluding steroid dienone is 7. The van der Waals surface area contributed by atoms with Crippen LogP contribution in [0.2, 0.25) is 10.0 Å². The van der Waals surface area contributed by atoms with Crippen LogP contribution >= 0.6 is 23.2 Å². The summed E-state index contributed by atoms with van der Waals surface area (Å²) in [6.07, 6.45) is 19.3. The predicted octanol–water partition coefficient (Wildman–Crippen LogP) is 6.22. The molecular formula is C20H22Cl2N2. The molecule has 0 fully saturated rings. The van der Waals surface area contributed by atoms with Crippen LogP contribution in [-0.2, 0) is 0 Å². The first-order valence-corrected chi connectivity index (χ1v) is 8.39. The van der Waals surface area contributed by atoms with E-state index in [1.807, 2.05) is 31.3 Å². The number of halogens is 2. The molecule has 0 spiro atoms. The number of nitrogens with one attached hydrogen (secondary N) is 1. The molecule has 0 heterocycles. The average Bonchev–Trinajstić information content (AvgIpc) is 2.56. The molecule has 0 radical (unpaired) electrons. The van der Waals surface area contributed by atoms with Crippen molar-refractivity contribution < 1.29 is 0 Å². The highest BCUT2D eigenvalue weighted by molar-refractivity contribution is 6.35. The van der Waals surface area contributed by atoms with E-state index in [0.717, 1.165) is 24.1 Å². The Kier molecular flexibility index (Phi) is 10.3. The zero-order valence-corrected chi connectivity index (χ0v) is 15.3. The average molecular weight is 361 g/mol. The molecule has 0 bridgehead atoms. The van der Waals surface area contributed by atoms with Gasteiger partial charge in [0.15, 0.2) is 0 Å². The number of benzene rings is 1. The first kappa shape index (κ1) is 20.0. The van der Waals surface area contributed by atoms with E-state index < -0.39 is 0 Å². The Labute approximate surface area is 154 Å². The van der Waals surface area contributed by atoms with Gasteiger partial charge in [0.25, 0.3) is 0 Å². The summed E-state index contributed by atoms with van der Waals surface area (Å²) in [7, 11) is 1.82. The molecule has 126 valence electrons. The summed E-state index contributed by atoms with van der Waals surface area (Å²) in [5, 5.41) is 4.15. The third kappa shape index (κ3) is 8.00. The van der Waals surface area contributed by atoms with E-state index in [1.54, 1.807) is 30.6 Å². The molecule has 0 saturated carbocycles. The van der Waals surface area contributed by atoms with Crippen molar-refractivity contribution in [2.24, 2.45) is 4.99 Å². The van der Waals surface area contributed by atoms with Crippen molar-refractivity contribution in [3.63, 3.8) is 0 Å². The van der Waals surface area contributed by atoms with Gasteiger partial charge >= 0.3 is 0 Å². The Morgan fingerprint density at radius 2 is 1.83 bits per heavy atom. The van der Waals surface area contributed by atoms with E-state index in [0.29, 0.717) is 10.0 Å². The summed E-state index contributed by atoms with van der Waals surface area (Å²) in [5.74, 6) is 0. The molecule has 0 aliphatic rings. The summed E-state index contributed by atoms with van der Waals surface area (Å²) in [6.45, 7) is 3.63. The second kappa shape index (κ2) is 12.4. The molecule has 0 aromatic heterocycles. The lowest BCUT2D eigenvalue weighted by Gasteiger charge is -2.05. The summed E-state index contributed by atoms with van der Waals surface area (Å²) in [6, 6.07) is 5.36. The first-order valence-electron chi connectivity index (χ1n) is 7.63. The quantitative estimate of drug-likeness (QED) is 0.315. The van der Waals surface area contributed by atoms with Crippen LogP contribution in [0.4, 0.5) is 0 Å². The van der Waals surface area contributed by atoms with Crippen LogP contribution in [0.3, 0.4) is 0 Å². The number of hydrogen-bond acceptors (Lipinski definition) is 2. The van der Waals surface area contributed by atoms with Crippen molar-refractivity contribution in [2.45, 2.75) is 12.8 Å². The molecular weight excluding hydrogens is 339 g/mol. The summed E-state index contributed by atoms with van der Waals surface area (Å²) in [5.41, 5.74) is 1.57. The lowest BCUT2D eigenvalue weighted by Crippen LogP contribution is -1.96. The molecule has 0 saturated heterocycles. The van der Waals surface area contributed by atoms with Gasteiger partial charge in [-0.05, 0) is 37.1 Å². The molecule has 2 nitrogen and oxygen atoms in total. The SMILES string of the molecule is C=C/C=C\C/C=C\C/C=C/C=N\C(=C/NC)c1ccc(Cl)cc1Cl. The largest absolute Gasteiger partial charge is 0.392 e. The van der Waals surface area contributed by atoms with Crippen LogP contribution in [-0.4, -0.2) is 13.3 Å². The van der Waals surface area contributed by atoms with Crippen LogP contribution in [0.25, 0.3) is 5.70 Å². The van der Waals surface area contributed by atoms with Crippen LogP contribution in [0.1, 0.15) is 18.4 Å². The second-order valence-electron chi connectivity index (χ2n) is 4.76. The maximum absolute atomic E-state index is 6.23. The van der Waals surface area contributed by atoms with E-state index in [9.17, 15) is 0 Å². The minimum Gasteiger partial charge on any atom is -0.392 e. The topological polar surface area (TPSA) is 24.4 Å². The van der Waals surface area contributed by atoms with Gasteiger partial charge in [-0.15, -0.1) is 0 Å². The van der Waals surface area contributed by atoms with Crippen LogP contribution in [0, 0.1) is 0 Å². The molecule has 1 aromatic rings. The van der Waals surface area contributed by atoms with Crippen molar-refractivity contribution in [3.8, 4) is 0 Å². The molecule has 1 rings (SSSR count). The molecule has 0 unspecified atom stereocenters. The third-order valence-corrected chi connectivity index (χ3v) is 3.45. The van der Waals surface area contributed by atoms with Crippen molar-refractivity contribution in [1.82, 2.24) is 5.32 Å². The molecule has 1 N–H and O–H groups in total. The maximum atomic E-state index is 6.23. The fourth-order valence-electron chi connectivity index (χ4n) is 1.81. The van der Waals surface area contributed by atoms with Crippen molar-refractivity contribution in [3.05, 3.63) is 89.1 Å². The van der Waals surface area contributed by atoms with E-state index in [2.05, 4.69) is 35.1 Å². The minimum absolute atomic E-state index is 0.570. The van der Waals surface area contributed by atoms with Crippen LogP contribution < -0.4 is 5.32 Å². The zero-order valence-electron chi connectivity index (χ0n) is 13.8. The van der Waals surface area contributed by atoms with Gasteiger partial charge in [0.1, 0.15) is 0 Å². The van der Waals surface area contributed by atoms with Crippen molar-refractivity contribution >= 4 is 35.1 Å². The van der Waals surface area contributed by atoms with E-state index in [-0.39, 0.29) is 0 Å². The minimum atomic E-state index is 0.570. The summed E-state index contributed by atoms with van der Waals surface area (Å²) >= 11 is 12.2. The highest BCUT2D eigenvalue weighted by Gasteiger charge is 2.05. The van der Waals surface area contributed by atoms with Gasteiger partial charge in [-0.2, -0.15) is 0 Å². The fourth-order valence-corrected chi connectivity index (χ4v) is 2.31. The first-order chi connectivity index (χ1) is 11.7. The number of aliphatic imine (C=N–C) groups is 1. The lowest BCUT2D eigenvalue weighted by molar-refractivity contribution is 1.10. The molecule has 4 heteroatoms. The van der Waals surface area contributed by atoms with E-state index in [4.69, 9.17) is 23.2 Å². The standard InChI is InChI=1S/C20H22Cl2N2/c1-3-4-5-6-7-8-9-10-11-14-24-20(16-23-2)18-13-12-17(21)15-19(18)22/h3-5,7-8,10-16,23H,1,6,9H2,2H3/b5-4-,8-7-,11-10+,20-16-,24-14-. The maximum Gasteiger partial charge on any atom is 0.0873 e. The van der Waals surface area contributed by atoms with E-state index in [1.165, 1.54) is 0 Å². The van der Waals surface area contributed by atoms with Crippen molar-refractivity contribution in [1.29, 1.82) is 0 Å². The summed E-state index contributed by atoms with van der Waals surface area (Å²) in [4.78, 5) is 4.45.